The topological polar surface area (TPSA) is 87.5 Å². The number of rotatable bonds is 4. The molecule has 0 saturated heterocycles. The van der Waals surface area contributed by atoms with Crippen molar-refractivity contribution in [3.05, 3.63) is 106 Å². The van der Waals surface area contributed by atoms with Crippen LogP contribution in [0.5, 0.6) is 0 Å². The summed E-state index contributed by atoms with van der Waals surface area (Å²) >= 11 is 6.58. The number of halogens is 2. The molecule has 2 N–H and O–H groups in total. The normalized spacial score (nSPS) is 11.9. The Balaban J connectivity index is 0.00000274. The number of aliphatic imine (C=N–C) groups is 1. The molecule has 0 radical (unpaired) electrons. The molecule has 8 heteroatoms. The highest BCUT2D eigenvalue weighted by atomic mass is 35.5. The van der Waals surface area contributed by atoms with Crippen LogP contribution in [0, 0.1) is 5.82 Å². The van der Waals surface area contributed by atoms with Crippen LogP contribution in [0.2, 0.25) is 5.02 Å². The molecule has 170 valence electrons. The highest BCUT2D eigenvalue weighted by Crippen LogP contribution is 2.36. The van der Waals surface area contributed by atoms with Crippen molar-refractivity contribution < 1.29 is 14.3 Å². The third-order valence-electron chi connectivity index (χ3n) is 5.29. The van der Waals surface area contributed by atoms with Crippen LogP contribution in [0.15, 0.2) is 77.9 Å². The zero-order valence-corrected chi connectivity index (χ0v) is 17.8. The molecular formula is C26H20ClFN4O2. The van der Waals surface area contributed by atoms with Crippen LogP contribution in [0.4, 0.5) is 16.0 Å². The fourth-order valence-electron chi connectivity index (χ4n) is 3.72. The summed E-state index contributed by atoms with van der Waals surface area (Å²) in [4.78, 5) is 24.8. The van der Waals surface area contributed by atoms with E-state index in [4.69, 9.17) is 21.7 Å². The highest BCUT2D eigenvalue weighted by Gasteiger charge is 2.24. The molecular weight excluding hydrogens is 455 g/mol. The number of aromatic nitrogens is 2. The Kier molecular flexibility index (Phi) is 6.38. The van der Waals surface area contributed by atoms with E-state index in [2.05, 4.69) is 15.3 Å². The van der Waals surface area contributed by atoms with Gasteiger partial charge in [0.2, 0.25) is 5.95 Å². The zero-order valence-electron chi connectivity index (χ0n) is 17.1. The average molecular weight is 475 g/mol. The van der Waals surface area contributed by atoms with Gasteiger partial charge >= 0.3 is 5.97 Å². The number of fused-ring (bicyclic) bond motifs is 3. The molecule has 6 nitrogen and oxygen atoms in total. The van der Waals surface area contributed by atoms with Gasteiger partial charge in [-0.3, -0.25) is 4.99 Å². The smallest absolute Gasteiger partial charge is 0.335 e. The molecule has 3 aromatic carbocycles. The van der Waals surface area contributed by atoms with E-state index in [-0.39, 0.29) is 25.4 Å². The molecule has 1 aliphatic rings. The molecule has 4 aromatic rings. The summed E-state index contributed by atoms with van der Waals surface area (Å²) in [5, 5.41) is 12.6. The Hall–Kier alpha value is -4.10. The zero-order chi connectivity index (χ0) is 22.9. The van der Waals surface area contributed by atoms with Gasteiger partial charge in [-0.15, -0.1) is 0 Å². The second kappa shape index (κ2) is 9.41. The lowest BCUT2D eigenvalue weighted by atomic mass is 9.95. The Morgan fingerprint density at radius 2 is 1.74 bits per heavy atom. The van der Waals surface area contributed by atoms with Crippen LogP contribution in [0.3, 0.4) is 0 Å². The number of nitrogens with zero attached hydrogens (tertiary/aromatic N) is 3. The van der Waals surface area contributed by atoms with Gasteiger partial charge in [-0.25, -0.2) is 19.2 Å². The summed E-state index contributed by atoms with van der Waals surface area (Å²) in [5.41, 5.74) is 4.41. The molecule has 2 heterocycles. The second-order valence-corrected chi connectivity index (χ2v) is 7.79. The molecule has 0 atom stereocenters. The number of carbonyl (C=O) groups is 1. The number of carboxylic acid groups (broad SMARTS) is 1. The molecule has 0 fully saturated rings. The van der Waals surface area contributed by atoms with Crippen molar-refractivity contribution in [1.82, 2.24) is 9.97 Å². The summed E-state index contributed by atoms with van der Waals surface area (Å²) < 4.78 is 14.6. The second-order valence-electron chi connectivity index (χ2n) is 7.38. The number of hydrogen-bond acceptors (Lipinski definition) is 5. The van der Waals surface area contributed by atoms with Crippen molar-refractivity contribution in [3.63, 3.8) is 0 Å². The quantitative estimate of drug-likeness (QED) is 0.359. The predicted octanol–water partition coefficient (Wildman–Crippen LogP) is 6.37. The molecule has 0 bridgehead atoms. The van der Waals surface area contributed by atoms with Crippen LogP contribution in [0.1, 0.15) is 34.5 Å². The van der Waals surface area contributed by atoms with Crippen molar-refractivity contribution in [2.45, 2.75) is 14.0 Å². The van der Waals surface area contributed by atoms with Gasteiger partial charge in [-0.05, 0) is 42.5 Å². The lowest BCUT2D eigenvalue weighted by molar-refractivity contribution is 0.0697. The van der Waals surface area contributed by atoms with Crippen molar-refractivity contribution in [2.24, 2.45) is 4.99 Å². The first-order chi connectivity index (χ1) is 16.0. The van der Waals surface area contributed by atoms with Crippen molar-refractivity contribution >= 4 is 34.9 Å². The minimum atomic E-state index is -0.998. The SMILES string of the molecule is C.O=C(O)c1ccc(Nc2ncc3c(n2)-c2cccc(Cl)c2C(c2ccccc2F)=NC3)cc1. The molecule has 0 aliphatic carbocycles. The van der Waals surface area contributed by atoms with Gasteiger partial charge in [0.25, 0.3) is 0 Å². The van der Waals surface area contributed by atoms with Crippen LogP contribution in [-0.4, -0.2) is 26.8 Å². The third kappa shape index (κ3) is 4.25. The minimum Gasteiger partial charge on any atom is -0.478 e. The fourth-order valence-corrected chi connectivity index (χ4v) is 3.98. The van der Waals surface area contributed by atoms with E-state index < -0.39 is 5.97 Å². The van der Waals surface area contributed by atoms with Crippen LogP contribution in [0.25, 0.3) is 11.3 Å². The van der Waals surface area contributed by atoms with E-state index in [1.54, 1.807) is 42.6 Å². The van der Waals surface area contributed by atoms with Gasteiger partial charge in [0.1, 0.15) is 5.82 Å². The summed E-state index contributed by atoms with van der Waals surface area (Å²) in [5.74, 6) is -1.05. The maximum atomic E-state index is 14.6. The van der Waals surface area contributed by atoms with E-state index in [1.807, 2.05) is 12.1 Å². The number of aromatic carboxylic acids is 1. The number of anilines is 2. The van der Waals surface area contributed by atoms with Crippen molar-refractivity contribution in [2.75, 3.05) is 5.32 Å². The Morgan fingerprint density at radius 3 is 2.47 bits per heavy atom. The van der Waals surface area contributed by atoms with E-state index >= 15 is 0 Å². The standard InChI is InChI=1S/C25H16ClFN4O2.CH4/c26-19-6-3-5-18-21(19)23(17-4-1-2-7-20(17)27)28-12-15-13-29-25(31-22(15)18)30-16-10-8-14(9-11-16)24(32)33;/h1-11,13H,12H2,(H,32,33)(H,29,30,31);1H4. The van der Waals surface area contributed by atoms with Crippen molar-refractivity contribution in [1.29, 1.82) is 0 Å². The molecule has 0 unspecified atom stereocenters. The monoisotopic (exact) mass is 474 g/mol. The van der Waals surface area contributed by atoms with Gasteiger partial charge in [0.05, 0.1) is 28.5 Å². The van der Waals surface area contributed by atoms with E-state index in [0.717, 1.165) is 11.1 Å². The lowest BCUT2D eigenvalue weighted by Gasteiger charge is -2.14. The number of carboxylic acids is 1. The molecule has 1 aliphatic heterocycles. The Labute approximate surface area is 200 Å². The van der Waals surface area contributed by atoms with Gasteiger partial charge < -0.3 is 10.4 Å². The van der Waals surface area contributed by atoms with Crippen LogP contribution >= 0.6 is 11.6 Å². The molecule has 34 heavy (non-hydrogen) atoms. The summed E-state index contributed by atoms with van der Waals surface area (Å²) in [6.45, 7) is 0.262. The molecule has 0 amide bonds. The maximum absolute atomic E-state index is 14.6. The first-order valence-corrected chi connectivity index (χ1v) is 10.4. The number of benzene rings is 3. The first-order valence-electron chi connectivity index (χ1n) is 10.1. The molecule has 0 saturated carbocycles. The molecule has 5 rings (SSSR count). The minimum absolute atomic E-state index is 0. The molecule has 0 spiro atoms. The fraction of sp³-hybridized carbons (Fsp3) is 0.0769. The van der Waals surface area contributed by atoms with Crippen LogP contribution in [-0.2, 0) is 6.54 Å². The van der Waals surface area contributed by atoms with Crippen LogP contribution < -0.4 is 5.32 Å². The molecule has 1 aromatic heterocycles. The van der Waals surface area contributed by atoms with Gasteiger partial charge in [-0.1, -0.05) is 43.3 Å². The van der Waals surface area contributed by atoms with Gasteiger partial charge in [0, 0.05) is 34.1 Å². The van der Waals surface area contributed by atoms with Crippen molar-refractivity contribution in [3.8, 4) is 11.3 Å². The number of nitrogens with one attached hydrogen (secondary N) is 1. The first kappa shape index (κ1) is 23.1. The summed E-state index contributed by atoms with van der Waals surface area (Å²) in [6.07, 6.45) is 1.68. The van der Waals surface area contributed by atoms with E-state index in [0.29, 0.717) is 39.2 Å². The predicted molar refractivity (Wildman–Crippen MR) is 132 cm³/mol. The Morgan fingerprint density at radius 1 is 1.00 bits per heavy atom. The van der Waals surface area contributed by atoms with E-state index in [9.17, 15) is 9.18 Å². The van der Waals surface area contributed by atoms with E-state index in [1.165, 1.54) is 18.2 Å². The largest absolute Gasteiger partial charge is 0.478 e. The Bertz CT molecular complexity index is 1420. The summed E-state index contributed by atoms with van der Waals surface area (Å²) in [7, 11) is 0. The van der Waals surface area contributed by atoms with Gasteiger partial charge in [-0.2, -0.15) is 0 Å². The summed E-state index contributed by atoms with van der Waals surface area (Å²) in [6, 6.07) is 18.2. The third-order valence-corrected chi connectivity index (χ3v) is 5.61. The highest BCUT2D eigenvalue weighted by molar-refractivity contribution is 6.36. The lowest BCUT2D eigenvalue weighted by Crippen LogP contribution is -2.08. The number of hydrogen-bond donors (Lipinski definition) is 2. The average Bonchev–Trinajstić information content (AvgIpc) is 2.98. The van der Waals surface area contributed by atoms with Gasteiger partial charge in [0.15, 0.2) is 0 Å². The maximum Gasteiger partial charge on any atom is 0.335 e.